The van der Waals surface area contributed by atoms with E-state index in [1.165, 1.54) is 0 Å². The molecular weight excluding hydrogens is 372 g/mol. The number of pyridine rings is 1. The fourth-order valence-electron chi connectivity index (χ4n) is 1.93. The maximum Gasteiger partial charge on any atom is 0.407 e. The number of aromatic nitrogens is 1. The molecule has 1 aromatic heterocycles. The van der Waals surface area contributed by atoms with Crippen LogP contribution in [0.3, 0.4) is 0 Å². The first-order valence-electron chi connectivity index (χ1n) is 7.60. The number of nitrogens with one attached hydrogen (secondary N) is 1. The van der Waals surface area contributed by atoms with E-state index in [2.05, 4.69) is 26.2 Å². The van der Waals surface area contributed by atoms with Crippen LogP contribution in [0.5, 0.6) is 11.6 Å². The second-order valence-corrected chi connectivity index (χ2v) is 7.18. The van der Waals surface area contributed by atoms with Gasteiger partial charge in [-0.25, -0.2) is 9.78 Å². The van der Waals surface area contributed by atoms with Gasteiger partial charge in [-0.15, -0.1) is 0 Å². The minimum Gasteiger partial charge on any atom is -0.444 e. The van der Waals surface area contributed by atoms with Crippen molar-refractivity contribution in [3.63, 3.8) is 0 Å². The highest BCUT2D eigenvalue weighted by Gasteiger charge is 2.16. The number of hydrogen-bond donors (Lipinski definition) is 1. The summed E-state index contributed by atoms with van der Waals surface area (Å²) in [6, 6.07) is 11.2. The minimum atomic E-state index is -0.525. The fourth-order valence-corrected chi connectivity index (χ4v) is 2.31. The maximum absolute atomic E-state index is 11.8. The van der Waals surface area contributed by atoms with Crippen LogP contribution < -0.4 is 10.1 Å². The first-order chi connectivity index (χ1) is 11.2. The van der Waals surface area contributed by atoms with Crippen molar-refractivity contribution in [2.45, 2.75) is 39.8 Å². The lowest BCUT2D eigenvalue weighted by Crippen LogP contribution is -2.32. The van der Waals surface area contributed by atoms with E-state index in [1.54, 1.807) is 6.07 Å². The van der Waals surface area contributed by atoms with Gasteiger partial charge in [0.05, 0.1) is 0 Å². The Labute approximate surface area is 150 Å². The molecule has 0 fully saturated rings. The summed E-state index contributed by atoms with van der Waals surface area (Å²) in [5, 5.41) is 2.73. The van der Waals surface area contributed by atoms with Crippen LogP contribution >= 0.6 is 15.9 Å². The largest absolute Gasteiger partial charge is 0.444 e. The van der Waals surface area contributed by atoms with Gasteiger partial charge in [-0.1, -0.05) is 22.0 Å². The number of ether oxygens (including phenoxy) is 2. The predicted octanol–water partition coefficient (Wildman–Crippen LogP) is 4.97. The molecule has 0 spiro atoms. The average molecular weight is 393 g/mol. The Morgan fingerprint density at radius 3 is 2.67 bits per heavy atom. The van der Waals surface area contributed by atoms with Crippen molar-refractivity contribution in [3.8, 4) is 11.6 Å². The zero-order valence-corrected chi connectivity index (χ0v) is 15.8. The Balaban J connectivity index is 2.04. The van der Waals surface area contributed by atoms with E-state index in [4.69, 9.17) is 9.47 Å². The lowest BCUT2D eigenvalue weighted by Gasteiger charge is -2.20. The summed E-state index contributed by atoms with van der Waals surface area (Å²) in [5.41, 5.74) is 1.24. The summed E-state index contributed by atoms with van der Waals surface area (Å²) in [6.45, 7) is 7.71. The van der Waals surface area contributed by atoms with Gasteiger partial charge in [0.1, 0.15) is 11.4 Å². The summed E-state index contributed by atoms with van der Waals surface area (Å²) >= 11 is 3.48. The van der Waals surface area contributed by atoms with E-state index in [0.717, 1.165) is 15.7 Å². The van der Waals surface area contributed by atoms with Crippen LogP contribution in [0.2, 0.25) is 0 Å². The van der Waals surface area contributed by atoms with Gasteiger partial charge >= 0.3 is 6.09 Å². The lowest BCUT2D eigenvalue weighted by molar-refractivity contribution is 0.0523. The third-order valence-electron chi connectivity index (χ3n) is 2.92. The van der Waals surface area contributed by atoms with Crippen molar-refractivity contribution in [2.24, 2.45) is 0 Å². The number of aryl methyl sites for hydroxylation is 1. The molecule has 1 aromatic carbocycles. The number of benzene rings is 1. The van der Waals surface area contributed by atoms with Crippen molar-refractivity contribution in [3.05, 3.63) is 52.1 Å². The van der Waals surface area contributed by atoms with Crippen molar-refractivity contribution in [1.82, 2.24) is 10.3 Å². The summed E-state index contributed by atoms with van der Waals surface area (Å²) in [4.78, 5) is 16.1. The summed E-state index contributed by atoms with van der Waals surface area (Å²) in [6.07, 6.45) is -0.457. The molecule has 0 saturated carbocycles. The highest BCUT2D eigenvalue weighted by atomic mass is 79.9. The first kappa shape index (κ1) is 18.3. The molecule has 0 unspecified atom stereocenters. The summed E-state index contributed by atoms with van der Waals surface area (Å²) < 4.78 is 11.9. The molecule has 0 bridgehead atoms. The van der Waals surface area contributed by atoms with Crippen LogP contribution in [0.1, 0.15) is 32.0 Å². The molecule has 0 aliphatic rings. The van der Waals surface area contributed by atoms with Crippen LogP contribution in [-0.2, 0) is 11.3 Å². The van der Waals surface area contributed by atoms with Gasteiger partial charge in [0.25, 0.3) is 0 Å². The van der Waals surface area contributed by atoms with Crippen LogP contribution in [0, 0.1) is 6.92 Å². The second kappa shape index (κ2) is 7.66. The topological polar surface area (TPSA) is 60.5 Å². The van der Waals surface area contributed by atoms with Crippen LogP contribution in [0.15, 0.2) is 40.9 Å². The van der Waals surface area contributed by atoms with E-state index in [-0.39, 0.29) is 0 Å². The summed E-state index contributed by atoms with van der Waals surface area (Å²) in [7, 11) is 0. The van der Waals surface area contributed by atoms with Gasteiger partial charge < -0.3 is 14.8 Å². The molecule has 1 heterocycles. The number of carbonyl (C=O) groups is 1. The number of halogens is 1. The van der Waals surface area contributed by atoms with E-state index < -0.39 is 11.7 Å². The van der Waals surface area contributed by atoms with Gasteiger partial charge in [-0.2, -0.15) is 0 Å². The van der Waals surface area contributed by atoms with Gasteiger partial charge in [-0.3, -0.25) is 0 Å². The number of alkyl carbamates (subject to hydrolysis) is 1. The quantitative estimate of drug-likeness (QED) is 0.797. The lowest BCUT2D eigenvalue weighted by atomic mass is 10.2. The van der Waals surface area contributed by atoms with E-state index >= 15 is 0 Å². The monoisotopic (exact) mass is 392 g/mol. The van der Waals surface area contributed by atoms with Crippen molar-refractivity contribution in [1.29, 1.82) is 0 Å². The maximum atomic E-state index is 11.8. The Morgan fingerprint density at radius 2 is 2.00 bits per heavy atom. The Hall–Kier alpha value is -2.08. The van der Waals surface area contributed by atoms with Crippen molar-refractivity contribution in [2.75, 3.05) is 0 Å². The summed E-state index contributed by atoms with van der Waals surface area (Å²) in [5.74, 6) is 1.18. The standard InChI is InChI=1S/C18H21BrN2O3/c1-12-6-5-7-16(21-12)23-14-8-9-15(19)13(10-14)11-20-17(22)24-18(2,3)4/h5-10H,11H2,1-4H3,(H,20,22). The number of nitrogens with zero attached hydrogens (tertiary/aromatic N) is 1. The van der Waals surface area contributed by atoms with Gasteiger partial charge in [-0.05, 0) is 57.5 Å². The van der Waals surface area contributed by atoms with Crippen LogP contribution in [0.25, 0.3) is 0 Å². The molecule has 0 saturated heterocycles. The fraction of sp³-hybridized carbons (Fsp3) is 0.333. The molecule has 0 atom stereocenters. The molecule has 0 radical (unpaired) electrons. The average Bonchev–Trinajstić information content (AvgIpc) is 2.46. The SMILES string of the molecule is Cc1cccc(Oc2ccc(Br)c(CNC(=O)OC(C)(C)C)c2)n1. The molecule has 2 rings (SSSR count). The molecule has 0 aliphatic heterocycles. The molecule has 128 valence electrons. The second-order valence-electron chi connectivity index (χ2n) is 6.33. The Kier molecular flexibility index (Phi) is 5.83. The zero-order chi connectivity index (χ0) is 17.7. The molecule has 0 aliphatic carbocycles. The number of carbonyl (C=O) groups excluding carboxylic acids is 1. The van der Waals surface area contributed by atoms with Crippen molar-refractivity contribution >= 4 is 22.0 Å². The smallest absolute Gasteiger partial charge is 0.407 e. The predicted molar refractivity (Wildman–Crippen MR) is 96.3 cm³/mol. The number of rotatable bonds is 4. The Morgan fingerprint density at radius 1 is 1.25 bits per heavy atom. The molecule has 1 N–H and O–H groups in total. The van der Waals surface area contributed by atoms with E-state index in [9.17, 15) is 4.79 Å². The highest BCUT2D eigenvalue weighted by molar-refractivity contribution is 9.10. The van der Waals surface area contributed by atoms with Crippen LogP contribution in [0.4, 0.5) is 4.79 Å². The van der Waals surface area contributed by atoms with Crippen LogP contribution in [-0.4, -0.2) is 16.7 Å². The van der Waals surface area contributed by atoms with Gasteiger partial charge in [0.15, 0.2) is 0 Å². The molecule has 24 heavy (non-hydrogen) atoms. The highest BCUT2D eigenvalue weighted by Crippen LogP contribution is 2.26. The third kappa shape index (κ3) is 5.85. The zero-order valence-electron chi connectivity index (χ0n) is 14.2. The molecule has 5 nitrogen and oxygen atoms in total. The number of amides is 1. The minimum absolute atomic E-state index is 0.327. The van der Waals surface area contributed by atoms with E-state index in [1.807, 2.05) is 58.0 Å². The first-order valence-corrected chi connectivity index (χ1v) is 8.39. The number of hydrogen-bond acceptors (Lipinski definition) is 4. The molecular formula is C18H21BrN2O3. The molecule has 6 heteroatoms. The Bertz CT molecular complexity index is 726. The van der Waals surface area contributed by atoms with Gasteiger partial charge in [0.2, 0.25) is 5.88 Å². The third-order valence-corrected chi connectivity index (χ3v) is 3.70. The molecule has 1 amide bonds. The normalized spacial score (nSPS) is 11.0. The van der Waals surface area contributed by atoms with E-state index in [0.29, 0.717) is 18.2 Å². The van der Waals surface area contributed by atoms with Crippen molar-refractivity contribution < 1.29 is 14.3 Å². The van der Waals surface area contributed by atoms with Gasteiger partial charge in [0, 0.05) is 22.8 Å². The molecule has 2 aromatic rings.